The normalized spacial score (nSPS) is 25.4. The number of nitrogens with one attached hydrogen (secondary N) is 1. The Morgan fingerprint density at radius 1 is 1.38 bits per heavy atom. The Kier molecular flexibility index (Phi) is 4.98. The van der Waals surface area contributed by atoms with Crippen LogP contribution in [-0.2, 0) is 0 Å². The second-order valence-corrected chi connectivity index (χ2v) is 6.62. The number of hydrogen-bond donors (Lipinski definition) is 1. The summed E-state index contributed by atoms with van der Waals surface area (Å²) in [6.45, 7) is 4.35. The SMILES string of the molecule is CC1CCCC(NC(=O)c2ccc(Br)c([N+](=O)[O-])c2)C1C. The van der Waals surface area contributed by atoms with Gasteiger partial charge in [-0.2, -0.15) is 0 Å². The van der Waals surface area contributed by atoms with Gasteiger partial charge in [0.25, 0.3) is 11.6 Å². The number of rotatable bonds is 3. The fraction of sp³-hybridized carbons (Fsp3) is 0.533. The molecule has 1 aliphatic carbocycles. The minimum absolute atomic E-state index is 0.0901. The standard InChI is InChI=1S/C15H19BrN2O3/c1-9-4-3-5-13(10(9)2)17-15(19)11-6-7-12(16)14(8-11)18(20)21/h6-10,13H,3-5H2,1-2H3,(H,17,19). The van der Waals surface area contributed by atoms with Gasteiger partial charge in [0.05, 0.1) is 9.40 Å². The smallest absolute Gasteiger partial charge is 0.284 e. The van der Waals surface area contributed by atoms with E-state index >= 15 is 0 Å². The van der Waals surface area contributed by atoms with Crippen LogP contribution in [0.4, 0.5) is 5.69 Å². The molecule has 5 nitrogen and oxygen atoms in total. The van der Waals surface area contributed by atoms with Crippen LogP contribution in [0.15, 0.2) is 22.7 Å². The maximum atomic E-state index is 12.3. The van der Waals surface area contributed by atoms with Crippen molar-refractivity contribution in [2.45, 2.75) is 39.2 Å². The van der Waals surface area contributed by atoms with Crippen LogP contribution >= 0.6 is 15.9 Å². The summed E-state index contributed by atoms with van der Waals surface area (Å²) in [4.78, 5) is 22.7. The molecule has 21 heavy (non-hydrogen) atoms. The zero-order valence-electron chi connectivity index (χ0n) is 12.1. The van der Waals surface area contributed by atoms with E-state index in [2.05, 4.69) is 35.1 Å². The van der Waals surface area contributed by atoms with Crippen molar-refractivity contribution in [3.8, 4) is 0 Å². The summed E-state index contributed by atoms with van der Waals surface area (Å²) in [5.41, 5.74) is 0.239. The first-order valence-corrected chi connectivity index (χ1v) is 7.94. The average molecular weight is 355 g/mol. The van der Waals surface area contributed by atoms with Gasteiger partial charge in [0.2, 0.25) is 0 Å². The fourth-order valence-electron chi connectivity index (χ4n) is 2.83. The van der Waals surface area contributed by atoms with E-state index < -0.39 is 4.92 Å². The third-order valence-electron chi connectivity index (χ3n) is 4.43. The second-order valence-electron chi connectivity index (χ2n) is 5.77. The molecule has 6 heteroatoms. The molecule has 0 heterocycles. The lowest BCUT2D eigenvalue weighted by Crippen LogP contribution is -2.43. The first-order chi connectivity index (χ1) is 9.90. The van der Waals surface area contributed by atoms with Gasteiger partial charge in [-0.05, 0) is 46.3 Å². The van der Waals surface area contributed by atoms with Gasteiger partial charge >= 0.3 is 0 Å². The zero-order valence-corrected chi connectivity index (χ0v) is 13.7. The van der Waals surface area contributed by atoms with Crippen LogP contribution < -0.4 is 5.32 Å². The first-order valence-electron chi connectivity index (χ1n) is 7.15. The molecule has 0 radical (unpaired) electrons. The highest BCUT2D eigenvalue weighted by Gasteiger charge is 2.28. The Morgan fingerprint density at radius 2 is 2.10 bits per heavy atom. The van der Waals surface area contributed by atoms with Crippen LogP contribution in [0.5, 0.6) is 0 Å². The molecule has 3 atom stereocenters. The number of nitro benzene ring substituents is 1. The molecule has 1 saturated carbocycles. The Labute approximate surface area is 132 Å². The van der Waals surface area contributed by atoms with Gasteiger partial charge in [0.15, 0.2) is 0 Å². The quantitative estimate of drug-likeness (QED) is 0.660. The van der Waals surface area contributed by atoms with Crippen LogP contribution in [0.3, 0.4) is 0 Å². The fourth-order valence-corrected chi connectivity index (χ4v) is 3.22. The van der Waals surface area contributed by atoms with Crippen molar-refractivity contribution in [2.75, 3.05) is 0 Å². The van der Waals surface area contributed by atoms with Crippen molar-refractivity contribution in [2.24, 2.45) is 11.8 Å². The number of carbonyl (C=O) groups is 1. The van der Waals surface area contributed by atoms with Crippen molar-refractivity contribution in [3.05, 3.63) is 38.3 Å². The van der Waals surface area contributed by atoms with Gasteiger partial charge < -0.3 is 5.32 Å². The van der Waals surface area contributed by atoms with Crippen molar-refractivity contribution in [3.63, 3.8) is 0 Å². The van der Waals surface area contributed by atoms with Gasteiger partial charge in [-0.1, -0.05) is 26.7 Å². The number of benzene rings is 1. The number of carbonyl (C=O) groups excluding carboxylic acids is 1. The highest BCUT2D eigenvalue weighted by Crippen LogP contribution is 2.30. The van der Waals surface area contributed by atoms with Crippen molar-refractivity contribution < 1.29 is 9.72 Å². The summed E-state index contributed by atoms with van der Waals surface area (Å²) < 4.78 is 0.378. The molecule has 1 aliphatic rings. The molecule has 1 aromatic carbocycles. The van der Waals surface area contributed by atoms with E-state index in [0.717, 1.165) is 12.8 Å². The summed E-state index contributed by atoms with van der Waals surface area (Å²) in [6.07, 6.45) is 3.27. The number of amides is 1. The largest absolute Gasteiger partial charge is 0.349 e. The minimum atomic E-state index is -0.494. The number of nitrogens with zero attached hydrogens (tertiary/aromatic N) is 1. The lowest BCUT2D eigenvalue weighted by Gasteiger charge is -2.34. The third kappa shape index (κ3) is 3.61. The van der Waals surface area contributed by atoms with Gasteiger partial charge in [0.1, 0.15) is 0 Å². The van der Waals surface area contributed by atoms with Gasteiger partial charge in [-0.25, -0.2) is 0 Å². The number of halogens is 1. The van der Waals surface area contributed by atoms with Crippen LogP contribution in [0.25, 0.3) is 0 Å². The summed E-state index contributed by atoms with van der Waals surface area (Å²) in [5, 5.41) is 13.9. The molecule has 1 fully saturated rings. The topological polar surface area (TPSA) is 72.2 Å². The molecule has 0 saturated heterocycles. The number of hydrogen-bond acceptors (Lipinski definition) is 3. The lowest BCUT2D eigenvalue weighted by atomic mass is 9.78. The summed E-state index contributed by atoms with van der Waals surface area (Å²) in [7, 11) is 0. The molecule has 114 valence electrons. The molecule has 1 aromatic rings. The molecule has 0 aliphatic heterocycles. The highest BCUT2D eigenvalue weighted by molar-refractivity contribution is 9.10. The van der Waals surface area contributed by atoms with E-state index in [9.17, 15) is 14.9 Å². The predicted molar refractivity (Wildman–Crippen MR) is 84.2 cm³/mol. The molecule has 1 amide bonds. The molecule has 1 N–H and O–H groups in total. The van der Waals surface area contributed by atoms with Crippen LogP contribution in [0, 0.1) is 22.0 Å². The maximum Gasteiger partial charge on any atom is 0.284 e. The van der Waals surface area contributed by atoms with Crippen molar-refractivity contribution in [1.29, 1.82) is 0 Å². The van der Waals surface area contributed by atoms with E-state index in [-0.39, 0.29) is 17.6 Å². The summed E-state index contributed by atoms with van der Waals surface area (Å²) in [6, 6.07) is 4.60. The number of nitro groups is 1. The predicted octanol–water partition coefficient (Wildman–Crippen LogP) is 3.91. The molecule has 2 rings (SSSR count). The van der Waals surface area contributed by atoms with E-state index in [1.165, 1.54) is 12.5 Å². The Morgan fingerprint density at radius 3 is 2.76 bits per heavy atom. The Bertz CT molecular complexity index is 562. The minimum Gasteiger partial charge on any atom is -0.349 e. The van der Waals surface area contributed by atoms with E-state index in [1.807, 2.05) is 0 Å². The molecular weight excluding hydrogens is 336 g/mol. The van der Waals surface area contributed by atoms with Gasteiger partial charge in [0, 0.05) is 17.7 Å². The van der Waals surface area contributed by atoms with Crippen molar-refractivity contribution >= 4 is 27.5 Å². The zero-order chi connectivity index (χ0) is 15.6. The van der Waals surface area contributed by atoms with Gasteiger partial charge in [-0.3, -0.25) is 14.9 Å². The molecule has 0 spiro atoms. The Hall–Kier alpha value is -1.43. The van der Waals surface area contributed by atoms with E-state index in [4.69, 9.17) is 0 Å². The Balaban J connectivity index is 2.13. The lowest BCUT2D eigenvalue weighted by molar-refractivity contribution is -0.385. The second kappa shape index (κ2) is 6.56. The molecular formula is C15H19BrN2O3. The summed E-state index contributed by atoms with van der Waals surface area (Å²) in [5.74, 6) is 0.771. The van der Waals surface area contributed by atoms with Crippen molar-refractivity contribution in [1.82, 2.24) is 5.32 Å². The van der Waals surface area contributed by atoms with Crippen LogP contribution in [-0.4, -0.2) is 16.9 Å². The van der Waals surface area contributed by atoms with Crippen LogP contribution in [0.1, 0.15) is 43.5 Å². The molecule has 3 unspecified atom stereocenters. The van der Waals surface area contributed by atoms with E-state index in [1.54, 1.807) is 12.1 Å². The third-order valence-corrected chi connectivity index (χ3v) is 5.10. The average Bonchev–Trinajstić information content (AvgIpc) is 2.44. The molecule has 0 bridgehead atoms. The highest BCUT2D eigenvalue weighted by atomic mass is 79.9. The van der Waals surface area contributed by atoms with Gasteiger partial charge in [-0.15, -0.1) is 0 Å². The maximum absolute atomic E-state index is 12.3. The van der Waals surface area contributed by atoms with E-state index in [0.29, 0.717) is 21.9 Å². The summed E-state index contributed by atoms with van der Waals surface area (Å²) >= 11 is 3.12. The van der Waals surface area contributed by atoms with Crippen LogP contribution in [0.2, 0.25) is 0 Å². The molecule has 0 aromatic heterocycles. The first kappa shape index (κ1) is 15.9. The monoisotopic (exact) mass is 354 g/mol.